The summed E-state index contributed by atoms with van der Waals surface area (Å²) in [5.74, 6) is 0.601. The van der Waals surface area contributed by atoms with Gasteiger partial charge in [0.25, 0.3) is 0 Å². The van der Waals surface area contributed by atoms with Crippen LogP contribution in [0.3, 0.4) is 0 Å². The van der Waals surface area contributed by atoms with Crippen molar-refractivity contribution >= 4 is 0 Å². The standard InChI is InChI=1S/C16H25FN2/c1-13(2)16-11-18-15(12-19(16)10-6-9-17)14-7-4-3-5-8-14/h3-5,7-8,13,15-16,18H,6,9-12H2,1-2H3. The van der Waals surface area contributed by atoms with Gasteiger partial charge in [0.1, 0.15) is 0 Å². The number of nitrogens with one attached hydrogen (secondary N) is 1. The van der Waals surface area contributed by atoms with Crippen LogP contribution >= 0.6 is 0 Å². The zero-order chi connectivity index (χ0) is 13.7. The van der Waals surface area contributed by atoms with Crippen LogP contribution in [0.5, 0.6) is 0 Å². The summed E-state index contributed by atoms with van der Waals surface area (Å²) in [6, 6.07) is 11.4. The normalized spacial score (nSPS) is 24.8. The molecule has 0 aliphatic carbocycles. The fourth-order valence-electron chi connectivity index (χ4n) is 2.91. The first-order valence-corrected chi connectivity index (χ1v) is 7.30. The van der Waals surface area contributed by atoms with Gasteiger partial charge >= 0.3 is 0 Å². The Morgan fingerprint density at radius 2 is 2.05 bits per heavy atom. The molecule has 1 aromatic rings. The molecule has 1 fully saturated rings. The van der Waals surface area contributed by atoms with E-state index in [4.69, 9.17) is 0 Å². The van der Waals surface area contributed by atoms with Crippen molar-refractivity contribution in [2.45, 2.75) is 32.4 Å². The molecular formula is C16H25FN2. The molecule has 0 amide bonds. The molecule has 1 saturated heterocycles. The molecular weight excluding hydrogens is 239 g/mol. The lowest BCUT2D eigenvalue weighted by Gasteiger charge is -2.42. The van der Waals surface area contributed by atoms with Gasteiger partial charge in [-0.2, -0.15) is 0 Å². The lowest BCUT2D eigenvalue weighted by Crippen LogP contribution is -2.55. The van der Waals surface area contributed by atoms with Crippen LogP contribution < -0.4 is 5.32 Å². The fraction of sp³-hybridized carbons (Fsp3) is 0.625. The van der Waals surface area contributed by atoms with Gasteiger partial charge in [-0.15, -0.1) is 0 Å². The van der Waals surface area contributed by atoms with Crippen molar-refractivity contribution in [1.29, 1.82) is 0 Å². The maximum Gasteiger partial charge on any atom is 0.0906 e. The average molecular weight is 264 g/mol. The third-order valence-electron chi connectivity index (χ3n) is 4.01. The van der Waals surface area contributed by atoms with E-state index >= 15 is 0 Å². The van der Waals surface area contributed by atoms with Crippen LogP contribution in [-0.4, -0.2) is 37.3 Å². The molecule has 1 aliphatic heterocycles. The van der Waals surface area contributed by atoms with Gasteiger partial charge in [0.2, 0.25) is 0 Å². The lowest BCUT2D eigenvalue weighted by atomic mass is 9.95. The van der Waals surface area contributed by atoms with Gasteiger partial charge in [0, 0.05) is 31.7 Å². The summed E-state index contributed by atoms with van der Waals surface area (Å²) in [4.78, 5) is 2.46. The number of hydrogen-bond donors (Lipinski definition) is 1. The summed E-state index contributed by atoms with van der Waals surface area (Å²) in [6.07, 6.45) is 0.644. The molecule has 2 unspecified atom stereocenters. The minimum absolute atomic E-state index is 0.218. The Morgan fingerprint density at radius 3 is 2.68 bits per heavy atom. The molecule has 1 heterocycles. The van der Waals surface area contributed by atoms with Crippen molar-refractivity contribution in [2.24, 2.45) is 5.92 Å². The Labute approximate surface area is 116 Å². The summed E-state index contributed by atoms with van der Waals surface area (Å²) >= 11 is 0. The molecule has 0 saturated carbocycles. The molecule has 0 aromatic heterocycles. The molecule has 106 valence electrons. The zero-order valence-corrected chi connectivity index (χ0v) is 12.0. The van der Waals surface area contributed by atoms with E-state index in [1.807, 2.05) is 6.07 Å². The van der Waals surface area contributed by atoms with Crippen LogP contribution in [-0.2, 0) is 0 Å². The molecule has 3 heteroatoms. The van der Waals surface area contributed by atoms with Crippen molar-refractivity contribution in [3.63, 3.8) is 0 Å². The third kappa shape index (κ3) is 3.77. The monoisotopic (exact) mass is 264 g/mol. The second kappa shape index (κ2) is 7.01. The summed E-state index contributed by atoms with van der Waals surface area (Å²) in [7, 11) is 0. The van der Waals surface area contributed by atoms with E-state index in [-0.39, 0.29) is 6.67 Å². The number of rotatable bonds is 5. The van der Waals surface area contributed by atoms with Crippen molar-refractivity contribution < 1.29 is 4.39 Å². The molecule has 19 heavy (non-hydrogen) atoms. The van der Waals surface area contributed by atoms with E-state index in [1.54, 1.807) is 0 Å². The molecule has 0 spiro atoms. The van der Waals surface area contributed by atoms with E-state index in [0.29, 0.717) is 24.4 Å². The van der Waals surface area contributed by atoms with Crippen molar-refractivity contribution in [2.75, 3.05) is 26.3 Å². The highest BCUT2D eigenvalue weighted by Gasteiger charge is 2.29. The molecule has 2 rings (SSSR count). The Hall–Kier alpha value is -0.930. The number of alkyl halides is 1. The summed E-state index contributed by atoms with van der Waals surface area (Å²) in [6.45, 7) is 7.11. The summed E-state index contributed by atoms with van der Waals surface area (Å²) in [5.41, 5.74) is 1.33. The molecule has 0 radical (unpaired) electrons. The van der Waals surface area contributed by atoms with E-state index in [2.05, 4.69) is 48.3 Å². The van der Waals surface area contributed by atoms with Crippen molar-refractivity contribution in [1.82, 2.24) is 10.2 Å². The topological polar surface area (TPSA) is 15.3 Å². The van der Waals surface area contributed by atoms with Crippen LogP contribution in [0.25, 0.3) is 0 Å². The van der Waals surface area contributed by atoms with E-state index in [9.17, 15) is 4.39 Å². The average Bonchev–Trinajstić information content (AvgIpc) is 2.45. The zero-order valence-electron chi connectivity index (χ0n) is 12.0. The van der Waals surface area contributed by atoms with Crippen LogP contribution in [0.1, 0.15) is 31.9 Å². The highest BCUT2D eigenvalue weighted by atomic mass is 19.1. The van der Waals surface area contributed by atoms with Gasteiger partial charge in [-0.05, 0) is 17.9 Å². The predicted molar refractivity (Wildman–Crippen MR) is 78.0 cm³/mol. The fourth-order valence-corrected chi connectivity index (χ4v) is 2.91. The Bertz CT molecular complexity index is 366. The van der Waals surface area contributed by atoms with Gasteiger partial charge in [0.05, 0.1) is 6.67 Å². The second-order valence-electron chi connectivity index (χ2n) is 5.72. The predicted octanol–water partition coefficient (Wildman–Crippen LogP) is 3.02. The van der Waals surface area contributed by atoms with Crippen LogP contribution in [0.15, 0.2) is 30.3 Å². The van der Waals surface area contributed by atoms with Gasteiger partial charge in [0.15, 0.2) is 0 Å². The Morgan fingerprint density at radius 1 is 1.32 bits per heavy atom. The van der Waals surface area contributed by atoms with Gasteiger partial charge in [-0.1, -0.05) is 44.2 Å². The molecule has 2 atom stereocenters. The first-order chi connectivity index (χ1) is 9.22. The van der Waals surface area contributed by atoms with E-state index < -0.39 is 0 Å². The van der Waals surface area contributed by atoms with E-state index in [0.717, 1.165) is 19.6 Å². The second-order valence-corrected chi connectivity index (χ2v) is 5.72. The Balaban J connectivity index is 2.03. The number of nitrogens with zero attached hydrogens (tertiary/aromatic N) is 1. The lowest BCUT2D eigenvalue weighted by molar-refractivity contribution is 0.0949. The first-order valence-electron chi connectivity index (χ1n) is 7.30. The first kappa shape index (κ1) is 14.5. The maximum atomic E-state index is 12.5. The van der Waals surface area contributed by atoms with Crippen molar-refractivity contribution in [3.8, 4) is 0 Å². The smallest absolute Gasteiger partial charge is 0.0906 e. The summed E-state index contributed by atoms with van der Waals surface area (Å²) in [5, 5.41) is 3.64. The van der Waals surface area contributed by atoms with Gasteiger partial charge in [-0.25, -0.2) is 0 Å². The van der Waals surface area contributed by atoms with Crippen molar-refractivity contribution in [3.05, 3.63) is 35.9 Å². The quantitative estimate of drug-likeness (QED) is 0.879. The summed E-state index contributed by atoms with van der Waals surface area (Å²) < 4.78 is 12.5. The molecule has 1 aliphatic rings. The SMILES string of the molecule is CC(C)C1CNC(c2ccccc2)CN1CCCF. The Kier molecular flexibility index (Phi) is 5.34. The van der Waals surface area contributed by atoms with Crippen LogP contribution in [0, 0.1) is 5.92 Å². The number of benzene rings is 1. The van der Waals surface area contributed by atoms with Crippen LogP contribution in [0.2, 0.25) is 0 Å². The largest absolute Gasteiger partial charge is 0.307 e. The third-order valence-corrected chi connectivity index (χ3v) is 4.01. The number of piperazine rings is 1. The van der Waals surface area contributed by atoms with Gasteiger partial charge < -0.3 is 5.32 Å². The minimum Gasteiger partial charge on any atom is -0.307 e. The van der Waals surface area contributed by atoms with E-state index in [1.165, 1.54) is 5.56 Å². The maximum absolute atomic E-state index is 12.5. The molecule has 0 bridgehead atoms. The molecule has 2 nitrogen and oxygen atoms in total. The number of halogens is 1. The highest BCUT2D eigenvalue weighted by Crippen LogP contribution is 2.23. The highest BCUT2D eigenvalue weighted by molar-refractivity contribution is 5.20. The minimum atomic E-state index is -0.218. The molecule has 1 N–H and O–H groups in total. The number of hydrogen-bond acceptors (Lipinski definition) is 2. The van der Waals surface area contributed by atoms with Crippen LogP contribution in [0.4, 0.5) is 4.39 Å². The molecule has 1 aromatic carbocycles. The van der Waals surface area contributed by atoms with Gasteiger partial charge in [-0.3, -0.25) is 9.29 Å².